The fourth-order valence-electron chi connectivity index (χ4n) is 0.747. The minimum Gasteiger partial charge on any atom is -0.481 e. The van der Waals surface area contributed by atoms with Crippen molar-refractivity contribution in [1.29, 1.82) is 0 Å². The van der Waals surface area contributed by atoms with Gasteiger partial charge in [-0.2, -0.15) is 0 Å². The topological polar surface area (TPSA) is 86.1 Å². The van der Waals surface area contributed by atoms with Gasteiger partial charge in [-0.3, -0.25) is 4.79 Å². The van der Waals surface area contributed by atoms with Crippen LogP contribution in [0.15, 0.2) is 5.11 Å². The average molecular weight is 171 g/mol. The first-order valence-electron chi connectivity index (χ1n) is 3.70. The van der Waals surface area contributed by atoms with Gasteiger partial charge >= 0.3 is 5.97 Å². The summed E-state index contributed by atoms with van der Waals surface area (Å²) in [5.41, 5.74) is 7.83. The van der Waals surface area contributed by atoms with Crippen molar-refractivity contribution in [3.05, 3.63) is 10.4 Å². The number of carboxylic acid groups (broad SMARTS) is 1. The van der Waals surface area contributed by atoms with Crippen molar-refractivity contribution in [2.75, 3.05) is 6.54 Å². The highest BCUT2D eigenvalue weighted by atomic mass is 16.4. The first-order chi connectivity index (χ1) is 5.48. The van der Waals surface area contributed by atoms with Crippen LogP contribution in [0.5, 0.6) is 0 Å². The molecule has 0 aliphatic heterocycles. The van der Waals surface area contributed by atoms with Crippen LogP contribution in [-0.4, -0.2) is 17.6 Å². The Kier molecular flexibility index (Phi) is 4.15. The molecule has 0 saturated carbocycles. The maximum atomic E-state index is 10.2. The van der Waals surface area contributed by atoms with Gasteiger partial charge in [-0.25, -0.2) is 0 Å². The summed E-state index contributed by atoms with van der Waals surface area (Å²) in [6.07, 6.45) is 0.648. The number of aliphatic carboxylic acids is 1. The van der Waals surface area contributed by atoms with E-state index in [0.717, 1.165) is 0 Å². The van der Waals surface area contributed by atoms with Gasteiger partial charge in [0.1, 0.15) is 0 Å². The van der Waals surface area contributed by atoms with E-state index in [1.54, 1.807) is 0 Å². The van der Waals surface area contributed by atoms with Crippen LogP contribution in [0.4, 0.5) is 0 Å². The van der Waals surface area contributed by atoms with Crippen LogP contribution in [-0.2, 0) is 4.79 Å². The molecule has 0 aliphatic carbocycles. The lowest BCUT2D eigenvalue weighted by Crippen LogP contribution is -2.16. The third-order valence-electron chi connectivity index (χ3n) is 1.58. The van der Waals surface area contributed by atoms with Gasteiger partial charge in [0.05, 0.1) is 0 Å². The molecule has 0 rings (SSSR count). The molecule has 5 heteroatoms. The predicted molar refractivity (Wildman–Crippen MR) is 44.7 cm³/mol. The fourth-order valence-corrected chi connectivity index (χ4v) is 0.747. The molecule has 0 aromatic carbocycles. The summed E-state index contributed by atoms with van der Waals surface area (Å²) in [4.78, 5) is 12.8. The molecule has 0 aliphatic rings. The molecule has 5 nitrogen and oxygen atoms in total. The number of hydrogen-bond donors (Lipinski definition) is 1. The summed E-state index contributed by atoms with van der Waals surface area (Å²) >= 11 is 0. The average Bonchev–Trinajstić information content (AvgIpc) is 1.98. The Morgan fingerprint density at radius 1 is 1.67 bits per heavy atom. The molecule has 68 valence electrons. The van der Waals surface area contributed by atoms with Crippen LogP contribution in [0.3, 0.4) is 0 Å². The van der Waals surface area contributed by atoms with E-state index in [0.29, 0.717) is 13.0 Å². The molecule has 0 saturated heterocycles. The summed E-state index contributed by atoms with van der Waals surface area (Å²) in [5.74, 6) is -0.816. The molecule has 0 unspecified atom stereocenters. The maximum Gasteiger partial charge on any atom is 0.303 e. The fraction of sp³-hybridized carbons (Fsp3) is 0.857. The Morgan fingerprint density at radius 3 is 2.67 bits per heavy atom. The van der Waals surface area contributed by atoms with E-state index < -0.39 is 5.97 Å². The Hall–Kier alpha value is -1.22. The molecular weight excluding hydrogens is 158 g/mol. The van der Waals surface area contributed by atoms with Gasteiger partial charge in [-0.05, 0) is 17.4 Å². The maximum absolute atomic E-state index is 10.2. The molecular formula is C7H13N3O2. The lowest BCUT2D eigenvalue weighted by atomic mass is 9.88. The molecule has 0 aromatic heterocycles. The zero-order chi connectivity index (χ0) is 9.61. The summed E-state index contributed by atoms with van der Waals surface area (Å²) in [6, 6.07) is 0. The van der Waals surface area contributed by atoms with E-state index in [1.807, 2.05) is 13.8 Å². The molecule has 0 bridgehead atoms. The molecule has 0 spiro atoms. The highest BCUT2D eigenvalue weighted by Gasteiger charge is 2.17. The lowest BCUT2D eigenvalue weighted by molar-refractivity contribution is -0.137. The minimum atomic E-state index is -0.816. The SMILES string of the molecule is CC(C)(CCC(=O)O)CN=[N+]=[N-]. The van der Waals surface area contributed by atoms with Crippen molar-refractivity contribution in [1.82, 2.24) is 0 Å². The second-order valence-electron chi connectivity index (χ2n) is 3.45. The van der Waals surface area contributed by atoms with Gasteiger partial charge in [-0.1, -0.05) is 19.0 Å². The predicted octanol–water partition coefficient (Wildman–Crippen LogP) is 2.19. The molecule has 1 N–H and O–H groups in total. The van der Waals surface area contributed by atoms with Gasteiger partial charge < -0.3 is 5.11 Å². The van der Waals surface area contributed by atoms with Gasteiger partial charge in [-0.15, -0.1) is 0 Å². The largest absolute Gasteiger partial charge is 0.481 e. The number of carbonyl (C=O) groups is 1. The van der Waals surface area contributed by atoms with Crippen molar-refractivity contribution in [2.24, 2.45) is 10.5 Å². The standard InChI is InChI=1S/C7H13N3O2/c1-7(2,5-9-10-8)4-3-6(11)12/h3-5H2,1-2H3,(H,11,12). The van der Waals surface area contributed by atoms with E-state index in [9.17, 15) is 4.79 Å². The molecule has 0 radical (unpaired) electrons. The van der Waals surface area contributed by atoms with Crippen LogP contribution in [0.2, 0.25) is 0 Å². The van der Waals surface area contributed by atoms with Crippen molar-refractivity contribution >= 4 is 5.97 Å². The van der Waals surface area contributed by atoms with Crippen LogP contribution in [0.25, 0.3) is 10.4 Å². The second-order valence-corrected chi connectivity index (χ2v) is 3.45. The van der Waals surface area contributed by atoms with Gasteiger partial charge in [0.2, 0.25) is 0 Å². The van der Waals surface area contributed by atoms with E-state index >= 15 is 0 Å². The van der Waals surface area contributed by atoms with E-state index in [4.69, 9.17) is 10.6 Å². The third kappa shape index (κ3) is 5.56. The monoisotopic (exact) mass is 171 g/mol. The highest BCUT2D eigenvalue weighted by molar-refractivity contribution is 5.66. The summed E-state index contributed by atoms with van der Waals surface area (Å²) < 4.78 is 0. The van der Waals surface area contributed by atoms with Gasteiger partial charge in [0, 0.05) is 17.9 Å². The van der Waals surface area contributed by atoms with Gasteiger partial charge in [0.15, 0.2) is 0 Å². The first-order valence-corrected chi connectivity index (χ1v) is 3.70. The van der Waals surface area contributed by atoms with Crippen molar-refractivity contribution in [3.8, 4) is 0 Å². The van der Waals surface area contributed by atoms with Crippen molar-refractivity contribution < 1.29 is 9.90 Å². The molecule has 12 heavy (non-hydrogen) atoms. The Labute approximate surface area is 71.0 Å². The van der Waals surface area contributed by atoms with Crippen molar-refractivity contribution in [3.63, 3.8) is 0 Å². The van der Waals surface area contributed by atoms with E-state index in [2.05, 4.69) is 10.0 Å². The van der Waals surface area contributed by atoms with Crippen molar-refractivity contribution in [2.45, 2.75) is 26.7 Å². The number of nitrogens with zero attached hydrogens (tertiary/aromatic N) is 3. The Bertz CT molecular complexity index is 207. The first kappa shape index (κ1) is 10.8. The molecule has 0 fully saturated rings. The lowest BCUT2D eigenvalue weighted by Gasteiger charge is -2.20. The number of azide groups is 1. The minimum absolute atomic E-state index is 0.119. The van der Waals surface area contributed by atoms with Crippen LogP contribution >= 0.6 is 0 Å². The van der Waals surface area contributed by atoms with E-state index in [-0.39, 0.29) is 11.8 Å². The normalized spacial score (nSPS) is 10.5. The van der Waals surface area contributed by atoms with Crippen LogP contribution < -0.4 is 0 Å². The quantitative estimate of drug-likeness (QED) is 0.390. The summed E-state index contributed by atoms with van der Waals surface area (Å²) in [5, 5.41) is 11.8. The number of hydrogen-bond acceptors (Lipinski definition) is 2. The van der Waals surface area contributed by atoms with E-state index in [1.165, 1.54) is 0 Å². The highest BCUT2D eigenvalue weighted by Crippen LogP contribution is 2.22. The second kappa shape index (κ2) is 4.62. The number of carboxylic acids is 1. The summed E-state index contributed by atoms with van der Waals surface area (Å²) in [7, 11) is 0. The molecule has 0 aromatic rings. The zero-order valence-electron chi connectivity index (χ0n) is 7.32. The molecule has 0 heterocycles. The van der Waals surface area contributed by atoms with Gasteiger partial charge in [0.25, 0.3) is 0 Å². The summed E-state index contributed by atoms with van der Waals surface area (Å²) in [6.45, 7) is 4.10. The molecule has 0 amide bonds. The zero-order valence-corrected chi connectivity index (χ0v) is 7.32. The third-order valence-corrected chi connectivity index (χ3v) is 1.58. The van der Waals surface area contributed by atoms with Crippen LogP contribution in [0.1, 0.15) is 26.7 Å². The smallest absolute Gasteiger partial charge is 0.303 e. The Morgan fingerprint density at radius 2 is 2.25 bits per heavy atom. The number of rotatable bonds is 5. The van der Waals surface area contributed by atoms with Crippen LogP contribution in [0, 0.1) is 5.41 Å². The Balaban J connectivity index is 3.85. The molecule has 0 atom stereocenters.